The van der Waals surface area contributed by atoms with Gasteiger partial charge in [0.1, 0.15) is 0 Å². The molecule has 0 bridgehead atoms. The Morgan fingerprint density at radius 2 is 1.71 bits per heavy atom. The number of ether oxygens (including phenoxy) is 2. The van der Waals surface area contributed by atoms with Crippen molar-refractivity contribution in [1.82, 2.24) is 0 Å². The Morgan fingerprint density at radius 3 is 2.14 bits per heavy atom. The zero-order valence-electron chi connectivity index (χ0n) is 9.16. The predicted molar refractivity (Wildman–Crippen MR) is 58.3 cm³/mol. The van der Waals surface area contributed by atoms with Crippen LogP contribution in [0.25, 0.3) is 0 Å². The van der Waals surface area contributed by atoms with Crippen molar-refractivity contribution in [2.24, 2.45) is 5.41 Å². The van der Waals surface area contributed by atoms with Crippen LogP contribution in [0.15, 0.2) is 24.3 Å². The van der Waals surface area contributed by atoms with E-state index in [0.717, 1.165) is 32.5 Å². The van der Waals surface area contributed by atoms with Crippen LogP contribution >= 0.6 is 0 Å². The molecule has 0 aromatic carbocycles. The predicted octanol–water partition coefficient (Wildman–Crippen LogP) is 2.56. The van der Waals surface area contributed by atoms with Crippen LogP contribution in [0.3, 0.4) is 0 Å². The first-order valence-corrected chi connectivity index (χ1v) is 5.15. The molecule has 0 aliphatic heterocycles. The fraction of sp³-hybridized carbons (Fsp3) is 0.667. The van der Waals surface area contributed by atoms with E-state index in [1.54, 1.807) is 14.2 Å². The Kier molecular flexibility index (Phi) is 4.91. The smallest absolute Gasteiger partial charge is 0.0470 e. The Hall–Kier alpha value is -0.600. The maximum absolute atomic E-state index is 5.15. The maximum atomic E-state index is 5.15. The standard InChI is InChI=1S/C12H20O2/c1-13-10-8-12(9-11-14-2)6-4-3-5-7-12/h3-6H,7-11H2,1-2H3. The molecule has 1 rings (SSSR count). The average Bonchev–Trinajstić information content (AvgIpc) is 2.25. The van der Waals surface area contributed by atoms with E-state index in [1.165, 1.54) is 0 Å². The molecule has 2 nitrogen and oxygen atoms in total. The summed E-state index contributed by atoms with van der Waals surface area (Å²) >= 11 is 0. The number of hydrogen-bond donors (Lipinski definition) is 0. The van der Waals surface area contributed by atoms with Gasteiger partial charge < -0.3 is 9.47 Å². The summed E-state index contributed by atoms with van der Waals surface area (Å²) in [6.07, 6.45) is 12.0. The molecule has 0 unspecified atom stereocenters. The summed E-state index contributed by atoms with van der Waals surface area (Å²) in [7, 11) is 3.51. The van der Waals surface area contributed by atoms with Gasteiger partial charge in [-0.1, -0.05) is 24.3 Å². The fourth-order valence-electron chi connectivity index (χ4n) is 1.82. The normalized spacial score (nSPS) is 18.7. The molecule has 14 heavy (non-hydrogen) atoms. The molecule has 0 saturated carbocycles. The minimum atomic E-state index is 0.265. The lowest BCUT2D eigenvalue weighted by Crippen LogP contribution is -2.22. The lowest BCUT2D eigenvalue weighted by molar-refractivity contribution is 0.119. The van der Waals surface area contributed by atoms with Gasteiger partial charge >= 0.3 is 0 Å². The van der Waals surface area contributed by atoms with Crippen molar-refractivity contribution in [3.8, 4) is 0 Å². The van der Waals surface area contributed by atoms with E-state index < -0.39 is 0 Å². The third kappa shape index (κ3) is 3.28. The molecule has 0 N–H and O–H groups in total. The van der Waals surface area contributed by atoms with Gasteiger partial charge in [0.05, 0.1) is 0 Å². The molecular formula is C12H20O2. The fourth-order valence-corrected chi connectivity index (χ4v) is 1.82. The van der Waals surface area contributed by atoms with Crippen LogP contribution in [0, 0.1) is 5.41 Å². The van der Waals surface area contributed by atoms with E-state index in [1.807, 2.05) is 0 Å². The SMILES string of the molecule is COCCC1(CCOC)C=CC=CC1. The molecule has 2 heteroatoms. The summed E-state index contributed by atoms with van der Waals surface area (Å²) < 4.78 is 10.3. The molecule has 0 saturated heterocycles. The molecule has 0 radical (unpaired) electrons. The summed E-state index contributed by atoms with van der Waals surface area (Å²) in [6.45, 7) is 1.64. The van der Waals surface area contributed by atoms with Gasteiger partial charge in [0, 0.05) is 27.4 Å². The number of hydrogen-bond acceptors (Lipinski definition) is 2. The largest absolute Gasteiger partial charge is 0.385 e. The van der Waals surface area contributed by atoms with Crippen molar-refractivity contribution in [2.75, 3.05) is 27.4 Å². The zero-order valence-corrected chi connectivity index (χ0v) is 9.16. The summed E-state index contributed by atoms with van der Waals surface area (Å²) in [5.41, 5.74) is 0.265. The van der Waals surface area contributed by atoms with Gasteiger partial charge in [-0.05, 0) is 24.7 Å². The van der Waals surface area contributed by atoms with Crippen LogP contribution < -0.4 is 0 Å². The van der Waals surface area contributed by atoms with E-state index >= 15 is 0 Å². The first-order chi connectivity index (χ1) is 6.83. The molecule has 0 amide bonds. The van der Waals surface area contributed by atoms with Crippen molar-refractivity contribution in [3.05, 3.63) is 24.3 Å². The van der Waals surface area contributed by atoms with Gasteiger partial charge in [-0.15, -0.1) is 0 Å². The van der Waals surface area contributed by atoms with Gasteiger partial charge in [-0.25, -0.2) is 0 Å². The maximum Gasteiger partial charge on any atom is 0.0470 e. The molecule has 0 atom stereocenters. The minimum absolute atomic E-state index is 0.265. The third-order valence-corrected chi connectivity index (χ3v) is 2.83. The summed E-state index contributed by atoms with van der Waals surface area (Å²) in [5.74, 6) is 0. The second kappa shape index (κ2) is 5.99. The van der Waals surface area contributed by atoms with Crippen LogP contribution in [0.5, 0.6) is 0 Å². The van der Waals surface area contributed by atoms with Crippen molar-refractivity contribution in [3.63, 3.8) is 0 Å². The quantitative estimate of drug-likeness (QED) is 0.650. The molecule has 0 fully saturated rings. The monoisotopic (exact) mass is 196 g/mol. The highest BCUT2D eigenvalue weighted by molar-refractivity contribution is 5.16. The summed E-state index contributed by atoms with van der Waals surface area (Å²) in [6, 6.07) is 0. The second-order valence-electron chi connectivity index (χ2n) is 3.84. The van der Waals surface area contributed by atoms with Gasteiger partial charge in [0.15, 0.2) is 0 Å². The van der Waals surface area contributed by atoms with Crippen LogP contribution in [-0.2, 0) is 9.47 Å². The van der Waals surface area contributed by atoms with Gasteiger partial charge in [-0.2, -0.15) is 0 Å². The van der Waals surface area contributed by atoms with Crippen LogP contribution in [0.2, 0.25) is 0 Å². The highest BCUT2D eigenvalue weighted by atomic mass is 16.5. The highest BCUT2D eigenvalue weighted by Crippen LogP contribution is 2.35. The lowest BCUT2D eigenvalue weighted by atomic mass is 9.76. The average molecular weight is 196 g/mol. The van der Waals surface area contributed by atoms with E-state index in [0.29, 0.717) is 0 Å². The molecule has 80 valence electrons. The molecule has 0 heterocycles. The number of methoxy groups -OCH3 is 2. The molecule has 1 aliphatic carbocycles. The lowest BCUT2D eigenvalue weighted by Gasteiger charge is -2.30. The third-order valence-electron chi connectivity index (χ3n) is 2.83. The first-order valence-electron chi connectivity index (χ1n) is 5.15. The molecule has 1 aliphatic rings. The van der Waals surface area contributed by atoms with E-state index in [9.17, 15) is 0 Å². The Bertz CT molecular complexity index is 198. The van der Waals surface area contributed by atoms with E-state index in [-0.39, 0.29) is 5.41 Å². The van der Waals surface area contributed by atoms with Crippen molar-refractivity contribution in [1.29, 1.82) is 0 Å². The minimum Gasteiger partial charge on any atom is -0.385 e. The summed E-state index contributed by atoms with van der Waals surface area (Å²) in [4.78, 5) is 0. The Balaban J connectivity index is 2.50. The van der Waals surface area contributed by atoms with Crippen LogP contribution in [0.1, 0.15) is 19.3 Å². The van der Waals surface area contributed by atoms with Crippen LogP contribution in [0.4, 0.5) is 0 Å². The van der Waals surface area contributed by atoms with E-state index in [2.05, 4.69) is 24.3 Å². The molecule has 0 aromatic rings. The topological polar surface area (TPSA) is 18.5 Å². The first kappa shape index (κ1) is 11.5. The zero-order chi connectivity index (χ0) is 10.3. The highest BCUT2D eigenvalue weighted by Gasteiger charge is 2.26. The van der Waals surface area contributed by atoms with Crippen molar-refractivity contribution >= 4 is 0 Å². The molecular weight excluding hydrogens is 176 g/mol. The van der Waals surface area contributed by atoms with Crippen LogP contribution in [-0.4, -0.2) is 27.4 Å². The van der Waals surface area contributed by atoms with Gasteiger partial charge in [-0.3, -0.25) is 0 Å². The van der Waals surface area contributed by atoms with Gasteiger partial charge in [0.2, 0.25) is 0 Å². The number of rotatable bonds is 6. The Labute approximate surface area is 86.6 Å². The summed E-state index contributed by atoms with van der Waals surface area (Å²) in [5, 5.41) is 0. The van der Waals surface area contributed by atoms with Gasteiger partial charge in [0.25, 0.3) is 0 Å². The second-order valence-corrected chi connectivity index (χ2v) is 3.84. The molecule has 0 aromatic heterocycles. The molecule has 0 spiro atoms. The van der Waals surface area contributed by atoms with Crippen molar-refractivity contribution < 1.29 is 9.47 Å². The Morgan fingerprint density at radius 1 is 1.07 bits per heavy atom. The van der Waals surface area contributed by atoms with Crippen molar-refractivity contribution in [2.45, 2.75) is 19.3 Å². The van der Waals surface area contributed by atoms with E-state index in [4.69, 9.17) is 9.47 Å². The number of allylic oxidation sites excluding steroid dienone is 4.